The molecule has 2 rings (SSSR count). The Balaban J connectivity index is 2.28. The van der Waals surface area contributed by atoms with E-state index in [-0.39, 0.29) is 28.2 Å². The van der Waals surface area contributed by atoms with Crippen LogP contribution < -0.4 is 5.46 Å². The number of nitrogens with zero attached hydrogens (tertiary/aromatic N) is 2. The second-order valence-corrected chi connectivity index (χ2v) is 12.3. The molecule has 0 N–H and O–H groups in total. The van der Waals surface area contributed by atoms with E-state index in [1.165, 1.54) is 5.56 Å². The number of rotatable bonds is 9. The van der Waals surface area contributed by atoms with Gasteiger partial charge in [0.15, 0.2) is 0 Å². The summed E-state index contributed by atoms with van der Waals surface area (Å²) in [5.74, 6) is 0. The van der Waals surface area contributed by atoms with Crippen molar-refractivity contribution in [2.75, 3.05) is 6.61 Å². The van der Waals surface area contributed by atoms with E-state index in [4.69, 9.17) is 22.2 Å². The molecule has 2 radical (unpaired) electrons. The third kappa shape index (κ3) is 6.14. The van der Waals surface area contributed by atoms with Crippen molar-refractivity contribution in [2.45, 2.75) is 76.1 Å². The average Bonchev–Trinajstić information content (AvgIpc) is 2.90. The number of hydrogen-bond donors (Lipinski definition) is 0. The molecular formula is C20H30BN2O2PS2. The zero-order valence-electron chi connectivity index (χ0n) is 17.6. The van der Waals surface area contributed by atoms with Crippen molar-refractivity contribution in [3.05, 3.63) is 29.8 Å². The Hall–Kier alpha value is -0.215. The maximum absolute atomic E-state index is 8.92. The Labute approximate surface area is 180 Å². The molecule has 1 aromatic rings. The summed E-state index contributed by atoms with van der Waals surface area (Å²) in [5, 5.41) is 9.12. The first-order chi connectivity index (χ1) is 13.2. The number of hydrogen-bond acceptors (Lipinski definition) is 6. The lowest BCUT2D eigenvalue weighted by atomic mass is 9.92. The molecule has 0 amide bonds. The van der Waals surface area contributed by atoms with Crippen molar-refractivity contribution >= 4 is 43.4 Å². The van der Waals surface area contributed by atoms with E-state index in [1.54, 1.807) is 0 Å². The van der Waals surface area contributed by atoms with Gasteiger partial charge in [0.25, 0.3) is 8.53 Å². The molecule has 1 fully saturated rings. The maximum atomic E-state index is 8.92. The molecule has 0 saturated carbocycles. The molecule has 28 heavy (non-hydrogen) atoms. The van der Waals surface area contributed by atoms with Gasteiger partial charge in [-0.25, -0.2) is 4.67 Å². The third-order valence-corrected chi connectivity index (χ3v) is 10.3. The second-order valence-electron chi connectivity index (χ2n) is 7.94. The molecule has 0 aliphatic carbocycles. The van der Waals surface area contributed by atoms with Crippen LogP contribution in [-0.4, -0.2) is 42.1 Å². The van der Waals surface area contributed by atoms with Gasteiger partial charge >= 0.3 is 0 Å². The first-order valence-electron chi connectivity index (χ1n) is 9.62. The molecule has 1 aliphatic heterocycles. The standard InChI is InChI=1S/C20H30BN2O2PS2/c1-14(2)23(15(3)4)26(24-13-7-12-22)25-19-18(27-28-20(19,5)6)16-8-10-17(21)11-9-16/h8-11,14-15,18-19H,7,13H2,1-6H3. The highest BCUT2D eigenvalue weighted by Gasteiger charge is 2.48. The Morgan fingerprint density at radius 1 is 1.21 bits per heavy atom. The summed E-state index contributed by atoms with van der Waals surface area (Å²) < 4.78 is 15.1. The third-order valence-electron chi connectivity index (χ3n) is 4.46. The summed E-state index contributed by atoms with van der Waals surface area (Å²) in [4.78, 5) is 0. The second kappa shape index (κ2) is 10.7. The lowest BCUT2D eigenvalue weighted by Crippen LogP contribution is -2.39. The van der Waals surface area contributed by atoms with Gasteiger partial charge in [-0.3, -0.25) is 0 Å². The molecule has 1 aromatic carbocycles. The molecule has 4 nitrogen and oxygen atoms in total. The van der Waals surface area contributed by atoms with Crippen molar-refractivity contribution in [1.29, 1.82) is 5.26 Å². The van der Waals surface area contributed by atoms with Gasteiger partial charge in [0.1, 0.15) is 7.85 Å². The molecule has 152 valence electrons. The highest BCUT2D eigenvalue weighted by atomic mass is 33.1. The van der Waals surface area contributed by atoms with E-state index in [9.17, 15) is 0 Å². The van der Waals surface area contributed by atoms with Crippen LogP contribution in [0.4, 0.5) is 0 Å². The zero-order chi connectivity index (χ0) is 20.9. The lowest BCUT2D eigenvalue weighted by molar-refractivity contribution is 0.114. The van der Waals surface area contributed by atoms with Crippen molar-refractivity contribution in [2.24, 2.45) is 0 Å². The van der Waals surface area contributed by atoms with Crippen LogP contribution in [0.5, 0.6) is 0 Å². The fourth-order valence-electron chi connectivity index (χ4n) is 3.13. The van der Waals surface area contributed by atoms with Gasteiger partial charge in [0, 0.05) is 16.8 Å². The number of nitriles is 1. The molecule has 3 unspecified atom stereocenters. The van der Waals surface area contributed by atoms with E-state index in [1.807, 2.05) is 33.7 Å². The van der Waals surface area contributed by atoms with Crippen LogP contribution in [0.3, 0.4) is 0 Å². The largest absolute Gasteiger partial charge is 0.321 e. The minimum atomic E-state index is -1.28. The van der Waals surface area contributed by atoms with Crippen molar-refractivity contribution in [1.82, 2.24) is 4.67 Å². The van der Waals surface area contributed by atoms with Gasteiger partial charge in [0.2, 0.25) is 0 Å². The quantitative estimate of drug-likeness (QED) is 0.225. The van der Waals surface area contributed by atoms with Gasteiger partial charge < -0.3 is 9.05 Å². The van der Waals surface area contributed by atoms with Crippen molar-refractivity contribution < 1.29 is 9.05 Å². The van der Waals surface area contributed by atoms with Gasteiger partial charge in [-0.15, -0.1) is 0 Å². The van der Waals surface area contributed by atoms with Gasteiger partial charge in [-0.2, -0.15) is 5.26 Å². The first kappa shape index (κ1) is 24.1. The summed E-state index contributed by atoms with van der Waals surface area (Å²) in [6.45, 7) is 13.5. The Kier molecular flexibility index (Phi) is 9.20. The molecule has 0 bridgehead atoms. The first-order valence-corrected chi connectivity index (χ1v) is 13.0. The highest BCUT2D eigenvalue weighted by Crippen LogP contribution is 2.63. The summed E-state index contributed by atoms with van der Waals surface area (Å²) in [7, 11) is 8.31. The highest BCUT2D eigenvalue weighted by molar-refractivity contribution is 8.77. The molecule has 1 heterocycles. The van der Waals surface area contributed by atoms with E-state index < -0.39 is 8.53 Å². The predicted octanol–water partition coefficient (Wildman–Crippen LogP) is 5.36. The summed E-state index contributed by atoms with van der Waals surface area (Å²) >= 11 is 0. The zero-order valence-corrected chi connectivity index (χ0v) is 20.1. The molecule has 1 saturated heterocycles. The van der Waals surface area contributed by atoms with Crippen LogP contribution in [-0.2, 0) is 9.05 Å². The van der Waals surface area contributed by atoms with Gasteiger partial charge in [-0.1, -0.05) is 51.3 Å². The van der Waals surface area contributed by atoms with Gasteiger partial charge in [0.05, 0.1) is 30.5 Å². The van der Waals surface area contributed by atoms with E-state index in [2.05, 4.69) is 64.4 Å². The van der Waals surface area contributed by atoms with Crippen molar-refractivity contribution in [3.63, 3.8) is 0 Å². The fourth-order valence-corrected chi connectivity index (χ4v) is 8.62. The summed E-state index contributed by atoms with van der Waals surface area (Å²) in [6, 6.07) is 10.8. The fraction of sp³-hybridized carbons (Fsp3) is 0.650. The Morgan fingerprint density at radius 2 is 1.82 bits per heavy atom. The Morgan fingerprint density at radius 3 is 2.36 bits per heavy atom. The normalized spacial score (nSPS) is 22.7. The monoisotopic (exact) mass is 436 g/mol. The van der Waals surface area contributed by atoms with E-state index in [0.717, 1.165) is 5.46 Å². The predicted molar refractivity (Wildman–Crippen MR) is 124 cm³/mol. The molecular weight excluding hydrogens is 406 g/mol. The minimum absolute atomic E-state index is 0.0145. The topological polar surface area (TPSA) is 45.5 Å². The molecule has 0 spiro atoms. The van der Waals surface area contributed by atoms with E-state index in [0.29, 0.717) is 13.0 Å². The minimum Gasteiger partial charge on any atom is -0.321 e. The van der Waals surface area contributed by atoms with Crippen LogP contribution in [0.15, 0.2) is 24.3 Å². The maximum Gasteiger partial charge on any atom is 0.259 e. The SMILES string of the molecule is [B]c1ccc(C2SSC(C)(C)C2OP(OCCC#N)N(C(C)C)C(C)C)cc1. The number of benzene rings is 1. The van der Waals surface area contributed by atoms with Gasteiger partial charge in [-0.05, 0) is 47.1 Å². The molecule has 0 aromatic heterocycles. The van der Waals surface area contributed by atoms with Crippen LogP contribution in [0.1, 0.15) is 58.8 Å². The molecule has 8 heteroatoms. The smallest absolute Gasteiger partial charge is 0.259 e. The lowest BCUT2D eigenvalue weighted by Gasteiger charge is -2.39. The van der Waals surface area contributed by atoms with Crippen LogP contribution >= 0.6 is 30.1 Å². The molecule has 1 aliphatic rings. The Bertz CT molecular complexity index is 659. The summed E-state index contributed by atoms with van der Waals surface area (Å²) in [5.41, 5.74) is 1.99. The van der Waals surface area contributed by atoms with Crippen molar-refractivity contribution in [3.8, 4) is 6.07 Å². The van der Waals surface area contributed by atoms with Crippen LogP contribution in [0.25, 0.3) is 0 Å². The van der Waals surface area contributed by atoms with E-state index >= 15 is 0 Å². The van der Waals surface area contributed by atoms with Crippen LogP contribution in [0.2, 0.25) is 0 Å². The molecule has 3 atom stereocenters. The van der Waals surface area contributed by atoms with Crippen LogP contribution in [0, 0.1) is 11.3 Å². The average molecular weight is 436 g/mol. The summed E-state index contributed by atoms with van der Waals surface area (Å²) in [6.07, 6.45) is 0.352.